The highest BCUT2D eigenvalue weighted by atomic mass is 19.1. The molecule has 2 nitrogen and oxygen atoms in total. The van der Waals surface area contributed by atoms with E-state index in [0.717, 1.165) is 11.3 Å². The van der Waals surface area contributed by atoms with Gasteiger partial charge in [-0.2, -0.15) is 5.26 Å². The monoisotopic (exact) mass is 312 g/mol. The predicted molar refractivity (Wildman–Crippen MR) is 91.5 cm³/mol. The first-order valence-electron chi connectivity index (χ1n) is 7.41. The van der Waals surface area contributed by atoms with Gasteiger partial charge in [0.05, 0.1) is 11.6 Å². The van der Waals surface area contributed by atoms with Crippen molar-refractivity contribution in [2.75, 3.05) is 0 Å². The van der Waals surface area contributed by atoms with Crippen LogP contribution >= 0.6 is 0 Å². The van der Waals surface area contributed by atoms with Gasteiger partial charge in [-0.1, -0.05) is 30.2 Å². The average Bonchev–Trinajstić information content (AvgIpc) is 2.60. The van der Waals surface area contributed by atoms with Crippen molar-refractivity contribution >= 4 is 0 Å². The maximum atomic E-state index is 13.4. The van der Waals surface area contributed by atoms with E-state index in [4.69, 9.17) is 0 Å². The molecule has 0 bridgehead atoms. The number of aromatic nitrogens is 1. The van der Waals surface area contributed by atoms with Crippen molar-refractivity contribution in [3.63, 3.8) is 0 Å². The minimum Gasteiger partial charge on any atom is -0.245 e. The van der Waals surface area contributed by atoms with Crippen LogP contribution in [0.15, 0.2) is 60.7 Å². The summed E-state index contributed by atoms with van der Waals surface area (Å²) in [7, 11) is 0. The molecule has 1 aromatic heterocycles. The van der Waals surface area contributed by atoms with E-state index in [0.29, 0.717) is 22.4 Å². The van der Waals surface area contributed by atoms with Gasteiger partial charge in [0.1, 0.15) is 11.5 Å². The van der Waals surface area contributed by atoms with Crippen LogP contribution < -0.4 is 0 Å². The maximum Gasteiger partial charge on any atom is 0.123 e. The Morgan fingerprint density at radius 1 is 0.958 bits per heavy atom. The smallest absolute Gasteiger partial charge is 0.123 e. The number of hydrogen-bond acceptors (Lipinski definition) is 2. The largest absolute Gasteiger partial charge is 0.245 e. The molecule has 0 aliphatic heterocycles. The normalized spacial score (nSPS) is 9.71. The first-order chi connectivity index (χ1) is 11.7. The molecule has 0 saturated heterocycles. The topological polar surface area (TPSA) is 36.7 Å². The molecular weight excluding hydrogens is 299 g/mol. The van der Waals surface area contributed by atoms with Crippen molar-refractivity contribution < 1.29 is 4.39 Å². The molecule has 3 aromatic rings. The minimum atomic E-state index is -0.328. The average molecular weight is 312 g/mol. The Morgan fingerprint density at radius 3 is 2.54 bits per heavy atom. The summed E-state index contributed by atoms with van der Waals surface area (Å²) in [4.78, 5) is 4.33. The summed E-state index contributed by atoms with van der Waals surface area (Å²) in [5.41, 5.74) is 4.13. The number of aryl methyl sites for hydroxylation is 1. The number of rotatable bonds is 1. The van der Waals surface area contributed by atoms with Crippen molar-refractivity contribution in [2.45, 2.75) is 6.92 Å². The Labute approximate surface area is 140 Å². The van der Waals surface area contributed by atoms with Crippen LogP contribution in [0.2, 0.25) is 0 Å². The first kappa shape index (κ1) is 15.5. The summed E-state index contributed by atoms with van der Waals surface area (Å²) in [6.07, 6.45) is 0. The van der Waals surface area contributed by atoms with Gasteiger partial charge < -0.3 is 0 Å². The highest BCUT2D eigenvalue weighted by Crippen LogP contribution is 2.24. The van der Waals surface area contributed by atoms with Crippen LogP contribution in [0.4, 0.5) is 4.39 Å². The van der Waals surface area contributed by atoms with E-state index in [-0.39, 0.29) is 5.82 Å². The fourth-order valence-electron chi connectivity index (χ4n) is 2.37. The first-order valence-corrected chi connectivity index (χ1v) is 7.41. The van der Waals surface area contributed by atoms with Crippen molar-refractivity contribution in [1.82, 2.24) is 4.98 Å². The molecule has 24 heavy (non-hydrogen) atoms. The van der Waals surface area contributed by atoms with Gasteiger partial charge in [-0.25, -0.2) is 9.37 Å². The van der Waals surface area contributed by atoms with Crippen LogP contribution in [0.25, 0.3) is 11.1 Å². The summed E-state index contributed by atoms with van der Waals surface area (Å²) in [5.74, 6) is 5.68. The van der Waals surface area contributed by atoms with Crippen LogP contribution in [0, 0.1) is 35.9 Å². The summed E-state index contributed by atoms with van der Waals surface area (Å²) >= 11 is 0. The Bertz CT molecular complexity index is 1000. The van der Waals surface area contributed by atoms with Gasteiger partial charge >= 0.3 is 0 Å². The third-order valence-corrected chi connectivity index (χ3v) is 3.50. The molecule has 0 spiro atoms. The lowest BCUT2D eigenvalue weighted by molar-refractivity contribution is 0.628. The molecule has 3 heteroatoms. The van der Waals surface area contributed by atoms with Gasteiger partial charge in [0.2, 0.25) is 0 Å². The lowest BCUT2D eigenvalue weighted by Crippen LogP contribution is -1.88. The zero-order chi connectivity index (χ0) is 16.9. The number of nitriles is 1. The molecule has 114 valence electrons. The summed E-state index contributed by atoms with van der Waals surface area (Å²) < 4.78 is 13.4. The van der Waals surface area contributed by atoms with E-state index >= 15 is 0 Å². The number of hydrogen-bond donors (Lipinski definition) is 0. The highest BCUT2D eigenvalue weighted by Gasteiger charge is 2.06. The van der Waals surface area contributed by atoms with Gasteiger partial charge in [0, 0.05) is 11.3 Å². The van der Waals surface area contributed by atoms with E-state index in [1.807, 2.05) is 31.2 Å². The maximum absolute atomic E-state index is 13.4. The van der Waals surface area contributed by atoms with Gasteiger partial charge in [-0.15, -0.1) is 0 Å². The third kappa shape index (κ3) is 3.48. The molecular formula is C21H13FN2. The fourth-order valence-corrected chi connectivity index (χ4v) is 2.37. The molecule has 3 rings (SSSR count). The van der Waals surface area contributed by atoms with Crippen molar-refractivity contribution in [3.05, 3.63) is 89.0 Å². The van der Waals surface area contributed by atoms with Crippen LogP contribution in [0.5, 0.6) is 0 Å². The Kier molecular flexibility index (Phi) is 4.36. The molecule has 1 heterocycles. The second kappa shape index (κ2) is 6.77. The second-order valence-electron chi connectivity index (χ2n) is 5.30. The SMILES string of the molecule is Cc1cccc(C#Cc2ccc(-c3cccc(F)c3)c(C#N)c2)n1. The molecule has 0 N–H and O–H groups in total. The van der Waals surface area contributed by atoms with E-state index in [1.54, 1.807) is 24.3 Å². The Hall–Kier alpha value is -3.43. The number of nitrogens with zero attached hydrogens (tertiary/aromatic N) is 2. The number of halogens is 1. The molecule has 0 atom stereocenters. The van der Waals surface area contributed by atoms with E-state index in [9.17, 15) is 9.65 Å². The molecule has 0 fully saturated rings. The molecule has 0 aliphatic rings. The molecule has 0 aliphatic carbocycles. The molecule has 0 saturated carbocycles. The molecule has 0 radical (unpaired) electrons. The van der Waals surface area contributed by atoms with Crippen molar-refractivity contribution in [2.24, 2.45) is 0 Å². The van der Waals surface area contributed by atoms with Crippen LogP contribution in [0.1, 0.15) is 22.5 Å². The van der Waals surface area contributed by atoms with E-state index in [1.165, 1.54) is 12.1 Å². The number of benzene rings is 2. The van der Waals surface area contributed by atoms with Crippen LogP contribution in [-0.2, 0) is 0 Å². The highest BCUT2D eigenvalue weighted by molar-refractivity contribution is 5.71. The summed E-state index contributed by atoms with van der Waals surface area (Å²) in [6, 6.07) is 19.3. The van der Waals surface area contributed by atoms with Gasteiger partial charge in [-0.05, 0) is 60.4 Å². The fraction of sp³-hybridized carbons (Fsp3) is 0.0476. The second-order valence-corrected chi connectivity index (χ2v) is 5.30. The standard InChI is InChI=1S/C21H13FN2/c1-15-4-2-7-20(24-15)10-8-16-9-11-21(18(12-16)14-23)17-5-3-6-19(22)13-17/h2-7,9,11-13H,1H3. The molecule has 2 aromatic carbocycles. The third-order valence-electron chi connectivity index (χ3n) is 3.50. The van der Waals surface area contributed by atoms with Crippen LogP contribution in [0.3, 0.4) is 0 Å². The lowest BCUT2D eigenvalue weighted by atomic mass is 9.98. The lowest BCUT2D eigenvalue weighted by Gasteiger charge is -2.05. The Morgan fingerprint density at radius 2 is 1.79 bits per heavy atom. The summed E-state index contributed by atoms with van der Waals surface area (Å²) in [6.45, 7) is 1.91. The molecule has 0 unspecified atom stereocenters. The van der Waals surface area contributed by atoms with Gasteiger partial charge in [0.25, 0.3) is 0 Å². The van der Waals surface area contributed by atoms with Crippen molar-refractivity contribution in [3.8, 4) is 29.0 Å². The zero-order valence-electron chi connectivity index (χ0n) is 13.0. The Balaban J connectivity index is 1.98. The predicted octanol–water partition coefficient (Wildman–Crippen LogP) is 4.47. The quantitative estimate of drug-likeness (QED) is 0.622. The van der Waals surface area contributed by atoms with E-state index in [2.05, 4.69) is 22.9 Å². The van der Waals surface area contributed by atoms with E-state index < -0.39 is 0 Å². The minimum absolute atomic E-state index is 0.328. The molecule has 0 amide bonds. The zero-order valence-corrected chi connectivity index (χ0v) is 13.0. The summed E-state index contributed by atoms with van der Waals surface area (Å²) in [5, 5.41) is 9.39. The number of pyridine rings is 1. The van der Waals surface area contributed by atoms with Gasteiger partial charge in [-0.3, -0.25) is 0 Å². The van der Waals surface area contributed by atoms with Crippen LogP contribution in [-0.4, -0.2) is 4.98 Å². The van der Waals surface area contributed by atoms with Crippen molar-refractivity contribution in [1.29, 1.82) is 5.26 Å². The van der Waals surface area contributed by atoms with Gasteiger partial charge in [0.15, 0.2) is 0 Å².